The molecule has 2 fully saturated rings. The quantitative estimate of drug-likeness (QED) is 0.749. The molecule has 0 radical (unpaired) electrons. The normalized spacial score (nSPS) is 27.3. The van der Waals surface area contributed by atoms with Gasteiger partial charge >= 0.3 is 18.0 Å². The number of carbonyl (C=O) groups excluding carboxylic acids is 4. The van der Waals surface area contributed by atoms with Crippen LogP contribution in [0.1, 0.15) is 30.6 Å². The van der Waals surface area contributed by atoms with Crippen LogP contribution in [0.4, 0.5) is 4.79 Å². The fourth-order valence-electron chi connectivity index (χ4n) is 3.29. The summed E-state index contributed by atoms with van der Waals surface area (Å²) >= 11 is 0. The van der Waals surface area contributed by atoms with Gasteiger partial charge < -0.3 is 14.2 Å². The zero-order valence-electron chi connectivity index (χ0n) is 15.6. The summed E-state index contributed by atoms with van der Waals surface area (Å²) in [6.07, 6.45) is -2.06. The van der Waals surface area contributed by atoms with Crippen LogP contribution in [-0.2, 0) is 23.8 Å². The highest BCUT2D eigenvalue weighted by atomic mass is 16.6. The van der Waals surface area contributed by atoms with Gasteiger partial charge in [0, 0.05) is 25.8 Å². The topological polar surface area (TPSA) is 111 Å². The third-order valence-corrected chi connectivity index (χ3v) is 4.78. The van der Waals surface area contributed by atoms with Crippen molar-refractivity contribution in [2.45, 2.75) is 38.7 Å². The molecule has 0 aliphatic carbocycles. The molecule has 9 heteroatoms. The number of nitrogens with one attached hydrogen (secondary N) is 1. The second-order valence-electron chi connectivity index (χ2n) is 6.76. The maximum atomic E-state index is 12.2. The van der Waals surface area contributed by atoms with Crippen LogP contribution < -0.4 is 5.32 Å². The Kier molecular flexibility index (Phi) is 5.93. The Hall–Kier alpha value is -2.94. The van der Waals surface area contributed by atoms with Gasteiger partial charge in [-0.15, -0.1) is 0 Å². The number of nitrogens with zero attached hydrogens (tertiary/aromatic N) is 1. The standard InChI is InChI=1S/C19H22N2O7/c1-11-14(10-26-18(24)13-6-4-3-5-7-13)28-17(16(11)27-12(2)22)21-9-8-15(23)20-19(21)25/h3-7,11,14,16-17H,8-10H2,1-2H3,(H,20,23,25). The number of amides is 3. The second kappa shape index (κ2) is 8.39. The van der Waals surface area contributed by atoms with E-state index in [-0.39, 0.29) is 31.4 Å². The molecule has 2 aliphatic heterocycles. The number of urea groups is 1. The maximum absolute atomic E-state index is 12.2. The lowest BCUT2D eigenvalue weighted by Gasteiger charge is -2.34. The van der Waals surface area contributed by atoms with E-state index in [2.05, 4.69) is 5.32 Å². The van der Waals surface area contributed by atoms with Gasteiger partial charge in [-0.05, 0) is 12.1 Å². The summed E-state index contributed by atoms with van der Waals surface area (Å²) < 4.78 is 16.6. The van der Waals surface area contributed by atoms with E-state index in [0.717, 1.165) is 0 Å². The van der Waals surface area contributed by atoms with E-state index in [1.165, 1.54) is 11.8 Å². The number of carbonyl (C=O) groups is 4. The molecular weight excluding hydrogens is 368 g/mol. The highest BCUT2D eigenvalue weighted by Crippen LogP contribution is 2.32. The fraction of sp³-hybridized carbons (Fsp3) is 0.474. The van der Waals surface area contributed by atoms with Crippen molar-refractivity contribution in [2.75, 3.05) is 13.2 Å². The fourth-order valence-corrected chi connectivity index (χ4v) is 3.29. The zero-order valence-corrected chi connectivity index (χ0v) is 15.6. The first kappa shape index (κ1) is 19.8. The van der Waals surface area contributed by atoms with Crippen molar-refractivity contribution in [3.05, 3.63) is 35.9 Å². The SMILES string of the molecule is CC(=O)OC1C(C)C(COC(=O)c2ccccc2)OC1N1CCC(=O)NC1=O. The van der Waals surface area contributed by atoms with Gasteiger partial charge in [0.25, 0.3) is 0 Å². The minimum absolute atomic E-state index is 0.0580. The third-order valence-electron chi connectivity index (χ3n) is 4.78. The van der Waals surface area contributed by atoms with Crippen molar-refractivity contribution in [3.63, 3.8) is 0 Å². The van der Waals surface area contributed by atoms with Crippen LogP contribution in [0.15, 0.2) is 30.3 Å². The predicted molar refractivity (Wildman–Crippen MR) is 95.0 cm³/mol. The number of rotatable bonds is 5. The smallest absolute Gasteiger partial charge is 0.338 e. The van der Waals surface area contributed by atoms with Crippen LogP contribution in [0.2, 0.25) is 0 Å². The van der Waals surface area contributed by atoms with Crippen LogP contribution in [0.3, 0.4) is 0 Å². The molecule has 0 saturated carbocycles. The van der Waals surface area contributed by atoms with Gasteiger partial charge in [0.1, 0.15) is 12.7 Å². The van der Waals surface area contributed by atoms with E-state index in [1.807, 2.05) is 0 Å². The average Bonchev–Trinajstić information content (AvgIpc) is 2.96. The minimum atomic E-state index is -0.868. The Labute approximate surface area is 161 Å². The zero-order chi connectivity index (χ0) is 20.3. The molecule has 1 aromatic rings. The summed E-state index contributed by atoms with van der Waals surface area (Å²) in [7, 11) is 0. The molecule has 2 aliphatic rings. The van der Waals surface area contributed by atoms with Gasteiger partial charge in [-0.2, -0.15) is 0 Å². The molecule has 4 unspecified atom stereocenters. The Bertz CT molecular complexity index is 767. The van der Waals surface area contributed by atoms with Crippen LogP contribution >= 0.6 is 0 Å². The first-order chi connectivity index (χ1) is 13.4. The minimum Gasteiger partial charge on any atom is -0.459 e. The van der Waals surface area contributed by atoms with Crippen molar-refractivity contribution in [2.24, 2.45) is 5.92 Å². The first-order valence-electron chi connectivity index (χ1n) is 9.02. The monoisotopic (exact) mass is 390 g/mol. The first-order valence-corrected chi connectivity index (χ1v) is 9.02. The lowest BCUT2D eigenvalue weighted by molar-refractivity contribution is -0.157. The van der Waals surface area contributed by atoms with Gasteiger partial charge in [0.05, 0.1) is 5.56 Å². The highest BCUT2D eigenvalue weighted by Gasteiger charge is 2.49. The summed E-state index contributed by atoms with van der Waals surface area (Å²) in [5, 5.41) is 2.22. The third kappa shape index (κ3) is 4.30. The second-order valence-corrected chi connectivity index (χ2v) is 6.76. The molecule has 2 heterocycles. The van der Waals surface area contributed by atoms with Crippen molar-refractivity contribution in [3.8, 4) is 0 Å². The van der Waals surface area contributed by atoms with Gasteiger partial charge in [0.2, 0.25) is 5.91 Å². The number of benzene rings is 1. The van der Waals surface area contributed by atoms with E-state index in [0.29, 0.717) is 5.56 Å². The van der Waals surface area contributed by atoms with E-state index in [1.54, 1.807) is 37.3 Å². The molecule has 4 atom stereocenters. The number of imide groups is 1. The molecule has 0 aromatic heterocycles. The number of hydrogen-bond donors (Lipinski definition) is 1. The predicted octanol–water partition coefficient (Wildman–Crippen LogP) is 1.08. The van der Waals surface area contributed by atoms with Crippen molar-refractivity contribution >= 4 is 23.9 Å². The summed E-state index contributed by atoms with van der Waals surface area (Å²) in [6.45, 7) is 3.15. The lowest BCUT2D eigenvalue weighted by Crippen LogP contribution is -2.56. The highest BCUT2D eigenvalue weighted by molar-refractivity contribution is 5.96. The molecule has 3 amide bonds. The summed E-state index contributed by atoms with van der Waals surface area (Å²) in [4.78, 5) is 48.6. The Morgan fingerprint density at radius 3 is 2.61 bits per heavy atom. The van der Waals surface area contributed by atoms with Gasteiger partial charge in [0.15, 0.2) is 12.3 Å². The largest absolute Gasteiger partial charge is 0.459 e. The summed E-state index contributed by atoms with van der Waals surface area (Å²) in [5.74, 6) is -1.71. The molecule has 0 bridgehead atoms. The number of ether oxygens (including phenoxy) is 3. The van der Waals surface area contributed by atoms with Gasteiger partial charge in [-0.3, -0.25) is 19.8 Å². The van der Waals surface area contributed by atoms with Crippen LogP contribution in [0.25, 0.3) is 0 Å². The molecule has 2 saturated heterocycles. The summed E-state index contributed by atoms with van der Waals surface area (Å²) in [6, 6.07) is 7.93. The van der Waals surface area contributed by atoms with Crippen molar-refractivity contribution in [1.29, 1.82) is 0 Å². The lowest BCUT2D eigenvalue weighted by atomic mass is 10.00. The van der Waals surface area contributed by atoms with Crippen LogP contribution in [0, 0.1) is 5.92 Å². The Morgan fingerprint density at radius 1 is 1.25 bits per heavy atom. The molecule has 9 nitrogen and oxygen atoms in total. The molecule has 150 valence electrons. The molecule has 3 rings (SSSR count). The maximum Gasteiger partial charge on any atom is 0.338 e. The van der Waals surface area contributed by atoms with E-state index in [4.69, 9.17) is 14.2 Å². The van der Waals surface area contributed by atoms with Gasteiger partial charge in [-0.25, -0.2) is 9.59 Å². The van der Waals surface area contributed by atoms with Crippen LogP contribution in [0.5, 0.6) is 0 Å². The van der Waals surface area contributed by atoms with E-state index in [9.17, 15) is 19.2 Å². The van der Waals surface area contributed by atoms with Crippen molar-refractivity contribution < 1.29 is 33.4 Å². The molecule has 1 N–H and O–H groups in total. The van der Waals surface area contributed by atoms with Crippen LogP contribution in [-0.4, -0.2) is 60.4 Å². The molecule has 1 aromatic carbocycles. The van der Waals surface area contributed by atoms with E-state index >= 15 is 0 Å². The number of esters is 2. The van der Waals surface area contributed by atoms with Crippen molar-refractivity contribution in [1.82, 2.24) is 10.2 Å². The Balaban J connectivity index is 1.69. The van der Waals surface area contributed by atoms with Gasteiger partial charge in [-0.1, -0.05) is 25.1 Å². The summed E-state index contributed by atoms with van der Waals surface area (Å²) in [5.41, 5.74) is 0.412. The Morgan fingerprint density at radius 2 is 1.96 bits per heavy atom. The molecule has 0 spiro atoms. The van der Waals surface area contributed by atoms with E-state index < -0.39 is 36.4 Å². The molecular formula is C19H22N2O7. The molecule has 28 heavy (non-hydrogen) atoms. The average molecular weight is 390 g/mol. The number of hydrogen-bond acceptors (Lipinski definition) is 7.